The predicted molar refractivity (Wildman–Crippen MR) is 75.5 cm³/mol. The first-order valence-electron chi connectivity index (χ1n) is 6.31. The molecule has 0 atom stereocenters. The lowest BCUT2D eigenvalue weighted by Gasteiger charge is -2.06. The molecule has 0 spiro atoms. The van der Waals surface area contributed by atoms with Crippen LogP contribution in [0.2, 0.25) is 0 Å². The fourth-order valence-electron chi connectivity index (χ4n) is 2.23. The lowest BCUT2D eigenvalue weighted by atomic mass is 10.1. The normalized spacial score (nSPS) is 19.2. The van der Waals surface area contributed by atoms with Crippen LogP contribution in [0.4, 0.5) is 0 Å². The van der Waals surface area contributed by atoms with Crippen LogP contribution in [0.3, 0.4) is 0 Å². The maximum absolute atomic E-state index is 12.1. The number of benzene rings is 1. The monoisotopic (exact) mass is 258 g/mol. The van der Waals surface area contributed by atoms with Gasteiger partial charge in [0.05, 0.1) is 14.2 Å². The van der Waals surface area contributed by atoms with Crippen molar-refractivity contribution < 1.29 is 14.3 Å². The highest BCUT2D eigenvalue weighted by atomic mass is 16.5. The number of ketones is 1. The third-order valence-electron chi connectivity index (χ3n) is 3.31. The van der Waals surface area contributed by atoms with Crippen molar-refractivity contribution >= 4 is 11.9 Å². The highest BCUT2D eigenvalue weighted by Gasteiger charge is 2.22. The third-order valence-corrected chi connectivity index (χ3v) is 3.31. The number of allylic oxidation sites excluding steroid dienone is 3. The van der Waals surface area contributed by atoms with Gasteiger partial charge < -0.3 is 9.47 Å². The number of carbonyl (C=O) groups is 1. The number of hydrogen-bond donors (Lipinski definition) is 0. The summed E-state index contributed by atoms with van der Waals surface area (Å²) in [6, 6.07) is 5.61. The van der Waals surface area contributed by atoms with Crippen LogP contribution in [0.25, 0.3) is 6.08 Å². The van der Waals surface area contributed by atoms with Crippen LogP contribution >= 0.6 is 0 Å². The van der Waals surface area contributed by atoms with Gasteiger partial charge in [0.15, 0.2) is 5.78 Å². The van der Waals surface area contributed by atoms with Gasteiger partial charge in [0.1, 0.15) is 11.5 Å². The van der Waals surface area contributed by atoms with Gasteiger partial charge in [0.25, 0.3) is 0 Å². The Balaban J connectivity index is 2.35. The summed E-state index contributed by atoms with van der Waals surface area (Å²) in [6.07, 6.45) is 5.46. The number of methoxy groups -OCH3 is 2. The van der Waals surface area contributed by atoms with E-state index in [1.54, 1.807) is 14.2 Å². The molecular formula is C16H18O3. The maximum Gasteiger partial charge on any atom is 0.184 e. The smallest absolute Gasteiger partial charge is 0.184 e. The summed E-state index contributed by atoms with van der Waals surface area (Å²) in [6.45, 7) is 1.91. The number of carbonyl (C=O) groups excluding carboxylic acids is 1. The van der Waals surface area contributed by atoms with Crippen molar-refractivity contribution in [3.8, 4) is 11.5 Å². The van der Waals surface area contributed by atoms with E-state index < -0.39 is 0 Å². The van der Waals surface area contributed by atoms with Gasteiger partial charge in [-0.1, -0.05) is 6.08 Å². The minimum Gasteiger partial charge on any atom is -0.497 e. The zero-order valence-corrected chi connectivity index (χ0v) is 11.5. The van der Waals surface area contributed by atoms with Gasteiger partial charge in [0, 0.05) is 11.6 Å². The molecular weight excluding hydrogens is 240 g/mol. The van der Waals surface area contributed by atoms with Crippen LogP contribution in [-0.4, -0.2) is 20.0 Å². The van der Waals surface area contributed by atoms with Crippen LogP contribution in [0, 0.1) is 0 Å². The molecule has 1 aromatic carbocycles. The van der Waals surface area contributed by atoms with E-state index in [1.807, 2.05) is 37.3 Å². The summed E-state index contributed by atoms with van der Waals surface area (Å²) < 4.78 is 10.5. The highest BCUT2D eigenvalue weighted by molar-refractivity contribution is 6.13. The topological polar surface area (TPSA) is 35.5 Å². The molecule has 0 heterocycles. The molecule has 0 aliphatic heterocycles. The van der Waals surface area contributed by atoms with E-state index >= 15 is 0 Å². The van der Waals surface area contributed by atoms with Crippen LogP contribution in [0.5, 0.6) is 11.5 Å². The van der Waals surface area contributed by atoms with Gasteiger partial charge in [-0.2, -0.15) is 0 Å². The lowest BCUT2D eigenvalue weighted by molar-refractivity contribution is -0.111. The standard InChI is InChI=1S/C16H18O3/c1-4-12-5-6-13(16(12)17)7-11-8-14(18-2)10-15(9-11)19-3/h4,7-10H,5-6H2,1-3H3/b12-4+,13-7+. The first-order valence-corrected chi connectivity index (χ1v) is 6.31. The van der Waals surface area contributed by atoms with Gasteiger partial charge in [-0.05, 0) is 49.1 Å². The second-order valence-electron chi connectivity index (χ2n) is 4.46. The van der Waals surface area contributed by atoms with Crippen LogP contribution in [-0.2, 0) is 4.79 Å². The molecule has 0 radical (unpaired) electrons. The van der Waals surface area contributed by atoms with Crippen molar-refractivity contribution in [2.24, 2.45) is 0 Å². The number of hydrogen-bond acceptors (Lipinski definition) is 3. The summed E-state index contributed by atoms with van der Waals surface area (Å²) in [5.74, 6) is 1.61. The molecule has 1 aliphatic carbocycles. The number of rotatable bonds is 3. The molecule has 0 aromatic heterocycles. The van der Waals surface area contributed by atoms with E-state index in [1.165, 1.54) is 0 Å². The SMILES string of the molecule is C/C=C1\CC/C(=C\c2cc(OC)cc(OC)c2)C1=O. The largest absolute Gasteiger partial charge is 0.497 e. The first-order chi connectivity index (χ1) is 9.17. The molecule has 1 saturated carbocycles. The van der Waals surface area contributed by atoms with Crippen molar-refractivity contribution in [1.82, 2.24) is 0 Å². The molecule has 3 nitrogen and oxygen atoms in total. The van der Waals surface area contributed by atoms with E-state index in [4.69, 9.17) is 9.47 Å². The predicted octanol–water partition coefficient (Wildman–Crippen LogP) is 3.40. The Labute approximate surface area is 113 Å². The molecule has 1 fully saturated rings. The van der Waals surface area contributed by atoms with Gasteiger partial charge in [-0.25, -0.2) is 0 Å². The van der Waals surface area contributed by atoms with Crippen LogP contribution in [0.1, 0.15) is 25.3 Å². The quantitative estimate of drug-likeness (QED) is 0.779. The van der Waals surface area contributed by atoms with Crippen molar-refractivity contribution in [3.05, 3.63) is 41.0 Å². The summed E-state index contributed by atoms with van der Waals surface area (Å²) >= 11 is 0. The molecule has 1 aromatic rings. The summed E-state index contributed by atoms with van der Waals surface area (Å²) in [5, 5.41) is 0. The van der Waals surface area contributed by atoms with Crippen molar-refractivity contribution in [1.29, 1.82) is 0 Å². The molecule has 0 amide bonds. The minimum atomic E-state index is 0.157. The van der Waals surface area contributed by atoms with Gasteiger partial charge in [-0.15, -0.1) is 0 Å². The molecule has 19 heavy (non-hydrogen) atoms. The first kappa shape index (κ1) is 13.4. The van der Waals surface area contributed by atoms with Crippen molar-refractivity contribution in [3.63, 3.8) is 0 Å². The Bertz CT molecular complexity index is 531. The zero-order chi connectivity index (χ0) is 13.8. The van der Waals surface area contributed by atoms with E-state index in [-0.39, 0.29) is 5.78 Å². The highest BCUT2D eigenvalue weighted by Crippen LogP contribution is 2.30. The minimum absolute atomic E-state index is 0.157. The number of Topliss-reactive ketones (excluding diaryl/α,β-unsaturated/α-hetero) is 1. The van der Waals surface area contributed by atoms with Crippen LogP contribution < -0.4 is 9.47 Å². The molecule has 100 valence electrons. The van der Waals surface area contributed by atoms with Crippen molar-refractivity contribution in [2.45, 2.75) is 19.8 Å². The Morgan fingerprint density at radius 1 is 1.00 bits per heavy atom. The summed E-state index contributed by atoms with van der Waals surface area (Å²) in [5.41, 5.74) is 2.68. The average molecular weight is 258 g/mol. The van der Waals surface area contributed by atoms with Crippen molar-refractivity contribution in [2.75, 3.05) is 14.2 Å². The molecule has 2 rings (SSSR count). The van der Waals surface area contributed by atoms with Gasteiger partial charge in [0.2, 0.25) is 0 Å². The molecule has 0 saturated heterocycles. The van der Waals surface area contributed by atoms with E-state index in [0.717, 1.165) is 41.1 Å². The van der Waals surface area contributed by atoms with Gasteiger partial charge in [-0.3, -0.25) is 4.79 Å². The lowest BCUT2D eigenvalue weighted by Crippen LogP contribution is -1.95. The summed E-state index contributed by atoms with van der Waals surface area (Å²) in [7, 11) is 3.23. The van der Waals surface area contributed by atoms with E-state index in [0.29, 0.717) is 0 Å². The van der Waals surface area contributed by atoms with E-state index in [2.05, 4.69) is 0 Å². The molecule has 0 N–H and O–H groups in total. The fraction of sp³-hybridized carbons (Fsp3) is 0.312. The summed E-state index contributed by atoms with van der Waals surface area (Å²) in [4.78, 5) is 12.1. The molecule has 3 heteroatoms. The molecule has 1 aliphatic rings. The zero-order valence-electron chi connectivity index (χ0n) is 11.5. The second kappa shape index (κ2) is 5.74. The van der Waals surface area contributed by atoms with Crippen LogP contribution in [0.15, 0.2) is 35.4 Å². The Kier molecular flexibility index (Phi) is 4.05. The van der Waals surface area contributed by atoms with Gasteiger partial charge >= 0.3 is 0 Å². The third kappa shape index (κ3) is 2.87. The Hall–Kier alpha value is -2.03. The molecule has 0 bridgehead atoms. The number of ether oxygens (including phenoxy) is 2. The van der Waals surface area contributed by atoms with E-state index in [9.17, 15) is 4.79 Å². The maximum atomic E-state index is 12.1. The fourth-order valence-corrected chi connectivity index (χ4v) is 2.23. The average Bonchev–Trinajstić information content (AvgIpc) is 2.79. The Morgan fingerprint density at radius 3 is 2.05 bits per heavy atom. The molecule has 0 unspecified atom stereocenters. The Morgan fingerprint density at radius 2 is 1.58 bits per heavy atom. The second-order valence-corrected chi connectivity index (χ2v) is 4.46.